The summed E-state index contributed by atoms with van der Waals surface area (Å²) in [6, 6.07) is 6.86. The van der Waals surface area contributed by atoms with Crippen LogP contribution in [0.2, 0.25) is 0 Å². The molecule has 1 aromatic carbocycles. The van der Waals surface area contributed by atoms with Crippen LogP contribution in [0.5, 0.6) is 0 Å². The van der Waals surface area contributed by atoms with E-state index < -0.39 is 0 Å². The molecule has 0 aromatic heterocycles. The van der Waals surface area contributed by atoms with Crippen LogP contribution in [0.25, 0.3) is 6.08 Å². The number of nitrogens with two attached hydrogens (primary N) is 1. The van der Waals surface area contributed by atoms with Gasteiger partial charge in [-0.2, -0.15) is 0 Å². The smallest absolute Gasteiger partial charge is 0.01000 e. The van der Waals surface area contributed by atoms with Gasteiger partial charge in [0.15, 0.2) is 0 Å². The van der Waals surface area contributed by atoms with Crippen LogP contribution in [0.4, 0.5) is 0 Å². The molecule has 1 heteroatoms. The molecule has 0 saturated heterocycles. The Morgan fingerprint density at radius 1 is 1.24 bits per heavy atom. The molecule has 0 fully saturated rings. The predicted molar refractivity (Wildman–Crippen MR) is 75.0 cm³/mol. The van der Waals surface area contributed by atoms with Crippen molar-refractivity contribution in [1.82, 2.24) is 0 Å². The summed E-state index contributed by atoms with van der Waals surface area (Å²) in [7, 11) is 0. The maximum Gasteiger partial charge on any atom is 0.01000 e. The lowest BCUT2D eigenvalue weighted by Gasteiger charge is -2.16. The minimum atomic E-state index is -0.0533. The molecule has 1 nitrogen and oxygen atoms in total. The predicted octanol–water partition coefficient (Wildman–Crippen LogP) is 3.71. The molecular weight excluding hydrogens is 206 g/mol. The molecule has 1 aliphatic rings. The summed E-state index contributed by atoms with van der Waals surface area (Å²) in [5.41, 5.74) is 10.3. The van der Waals surface area contributed by atoms with E-state index in [0.29, 0.717) is 0 Å². The van der Waals surface area contributed by atoms with Gasteiger partial charge in [0, 0.05) is 5.54 Å². The first-order valence-electron chi connectivity index (χ1n) is 6.62. The second kappa shape index (κ2) is 5.05. The Balaban J connectivity index is 1.93. The van der Waals surface area contributed by atoms with Crippen molar-refractivity contribution in [3.63, 3.8) is 0 Å². The molecule has 0 atom stereocenters. The molecule has 2 rings (SSSR count). The van der Waals surface area contributed by atoms with Crippen LogP contribution in [0.3, 0.4) is 0 Å². The Bertz CT molecular complexity index is 410. The monoisotopic (exact) mass is 229 g/mol. The van der Waals surface area contributed by atoms with Crippen molar-refractivity contribution >= 4 is 6.08 Å². The van der Waals surface area contributed by atoms with E-state index in [0.717, 1.165) is 12.8 Å². The summed E-state index contributed by atoms with van der Waals surface area (Å²) >= 11 is 0. The lowest BCUT2D eigenvalue weighted by Crippen LogP contribution is -2.31. The molecule has 92 valence electrons. The first-order valence-corrected chi connectivity index (χ1v) is 6.62. The van der Waals surface area contributed by atoms with Gasteiger partial charge in [-0.15, -0.1) is 0 Å². The number of rotatable bonds is 4. The lowest BCUT2D eigenvalue weighted by atomic mass is 9.99. The Morgan fingerprint density at radius 2 is 2.00 bits per heavy atom. The molecule has 17 heavy (non-hydrogen) atoms. The maximum atomic E-state index is 5.95. The fraction of sp³-hybridized carbons (Fsp3) is 0.500. The van der Waals surface area contributed by atoms with E-state index in [9.17, 15) is 0 Å². The third kappa shape index (κ3) is 3.71. The number of hydrogen-bond acceptors (Lipinski definition) is 1. The van der Waals surface area contributed by atoms with Crippen LogP contribution >= 0.6 is 0 Å². The Kier molecular flexibility index (Phi) is 3.68. The summed E-state index contributed by atoms with van der Waals surface area (Å²) in [6.45, 7) is 4.16. The Labute approximate surface area is 105 Å². The molecule has 1 aromatic rings. The van der Waals surface area contributed by atoms with Crippen LogP contribution in [-0.2, 0) is 12.8 Å². The number of benzene rings is 1. The lowest BCUT2D eigenvalue weighted by molar-refractivity contribution is 0.482. The quantitative estimate of drug-likeness (QED) is 0.837. The molecule has 0 spiro atoms. The van der Waals surface area contributed by atoms with Gasteiger partial charge in [0.05, 0.1) is 0 Å². The van der Waals surface area contributed by atoms with E-state index in [4.69, 9.17) is 5.73 Å². The van der Waals surface area contributed by atoms with Gasteiger partial charge in [0.1, 0.15) is 0 Å². The molecule has 0 radical (unpaired) electrons. The van der Waals surface area contributed by atoms with Crippen molar-refractivity contribution < 1.29 is 0 Å². The third-order valence-electron chi connectivity index (χ3n) is 3.39. The number of hydrogen-bond donors (Lipinski definition) is 1. The minimum Gasteiger partial charge on any atom is -0.326 e. The Morgan fingerprint density at radius 3 is 2.76 bits per heavy atom. The van der Waals surface area contributed by atoms with E-state index in [2.05, 4.69) is 44.2 Å². The Hall–Kier alpha value is -1.08. The summed E-state index contributed by atoms with van der Waals surface area (Å²) in [6.07, 6.45) is 10.4. The molecule has 0 unspecified atom stereocenters. The van der Waals surface area contributed by atoms with Gasteiger partial charge < -0.3 is 5.73 Å². The normalized spacial score (nSPS) is 15.5. The van der Waals surface area contributed by atoms with Crippen molar-refractivity contribution in [3.05, 3.63) is 41.0 Å². The van der Waals surface area contributed by atoms with Crippen molar-refractivity contribution in [2.24, 2.45) is 5.73 Å². The van der Waals surface area contributed by atoms with Crippen LogP contribution < -0.4 is 5.73 Å². The maximum absolute atomic E-state index is 5.95. The summed E-state index contributed by atoms with van der Waals surface area (Å²) in [4.78, 5) is 0. The first-order chi connectivity index (χ1) is 8.04. The molecule has 0 bridgehead atoms. The number of aryl methyl sites for hydroxylation is 2. The zero-order valence-electron chi connectivity index (χ0n) is 11.0. The SMILES string of the molecule is CC(C)(N)CC/C=C/c1ccc2c(c1)CCC2. The van der Waals surface area contributed by atoms with E-state index in [1.807, 2.05) is 0 Å². The van der Waals surface area contributed by atoms with Gasteiger partial charge in [-0.05, 0) is 62.6 Å². The molecule has 2 N–H and O–H groups in total. The second-order valence-electron chi connectivity index (χ2n) is 5.81. The van der Waals surface area contributed by atoms with Crippen molar-refractivity contribution in [1.29, 1.82) is 0 Å². The van der Waals surface area contributed by atoms with Crippen LogP contribution in [0.1, 0.15) is 49.8 Å². The highest BCUT2D eigenvalue weighted by molar-refractivity contribution is 5.52. The fourth-order valence-corrected chi connectivity index (χ4v) is 2.37. The van der Waals surface area contributed by atoms with E-state index in [1.54, 1.807) is 11.1 Å². The highest BCUT2D eigenvalue weighted by Crippen LogP contribution is 2.23. The largest absolute Gasteiger partial charge is 0.326 e. The van der Waals surface area contributed by atoms with Crippen LogP contribution in [0, 0.1) is 0 Å². The summed E-state index contributed by atoms with van der Waals surface area (Å²) < 4.78 is 0. The zero-order valence-corrected chi connectivity index (χ0v) is 11.0. The van der Waals surface area contributed by atoms with E-state index >= 15 is 0 Å². The van der Waals surface area contributed by atoms with Crippen LogP contribution in [-0.4, -0.2) is 5.54 Å². The summed E-state index contributed by atoms with van der Waals surface area (Å²) in [5.74, 6) is 0. The zero-order chi connectivity index (χ0) is 12.3. The average Bonchev–Trinajstić information content (AvgIpc) is 2.70. The minimum absolute atomic E-state index is 0.0533. The first kappa shape index (κ1) is 12.4. The molecule has 0 amide bonds. The molecular formula is C16H23N. The highest BCUT2D eigenvalue weighted by Gasteiger charge is 2.10. The van der Waals surface area contributed by atoms with E-state index in [1.165, 1.54) is 24.8 Å². The topological polar surface area (TPSA) is 26.0 Å². The molecule has 0 saturated carbocycles. The van der Waals surface area contributed by atoms with Crippen LogP contribution in [0.15, 0.2) is 24.3 Å². The van der Waals surface area contributed by atoms with Crippen molar-refractivity contribution in [2.75, 3.05) is 0 Å². The van der Waals surface area contributed by atoms with Gasteiger partial charge in [-0.1, -0.05) is 30.4 Å². The van der Waals surface area contributed by atoms with Crippen molar-refractivity contribution in [3.8, 4) is 0 Å². The average molecular weight is 229 g/mol. The molecule has 0 aliphatic heterocycles. The fourth-order valence-electron chi connectivity index (χ4n) is 2.37. The summed E-state index contributed by atoms with van der Waals surface area (Å²) in [5, 5.41) is 0. The van der Waals surface area contributed by atoms with Gasteiger partial charge in [-0.25, -0.2) is 0 Å². The molecule has 0 heterocycles. The number of fused-ring (bicyclic) bond motifs is 1. The van der Waals surface area contributed by atoms with Gasteiger partial charge in [-0.3, -0.25) is 0 Å². The van der Waals surface area contributed by atoms with Crippen molar-refractivity contribution in [2.45, 2.75) is 51.5 Å². The molecule has 1 aliphatic carbocycles. The van der Waals surface area contributed by atoms with Gasteiger partial charge >= 0.3 is 0 Å². The number of allylic oxidation sites excluding steroid dienone is 1. The standard InChI is InChI=1S/C16H23N/c1-16(2,17)11-4-3-6-13-9-10-14-7-5-8-15(14)12-13/h3,6,9-10,12H,4-5,7-8,11,17H2,1-2H3/b6-3+. The highest BCUT2D eigenvalue weighted by atomic mass is 14.7. The van der Waals surface area contributed by atoms with E-state index in [-0.39, 0.29) is 5.54 Å². The van der Waals surface area contributed by atoms with Gasteiger partial charge in [0.25, 0.3) is 0 Å². The second-order valence-corrected chi connectivity index (χ2v) is 5.81. The third-order valence-corrected chi connectivity index (χ3v) is 3.39. The van der Waals surface area contributed by atoms with Gasteiger partial charge in [0.2, 0.25) is 0 Å².